The second-order valence-corrected chi connectivity index (χ2v) is 2.45. The first kappa shape index (κ1) is 7.28. The molecule has 1 saturated heterocycles. The molecule has 56 valence electrons. The first-order chi connectivity index (χ1) is 4.84. The van der Waals surface area contributed by atoms with E-state index >= 15 is 0 Å². The molecule has 0 aliphatic carbocycles. The highest BCUT2D eigenvalue weighted by Crippen LogP contribution is 2.08. The third-order valence-corrected chi connectivity index (χ3v) is 1.72. The number of ketones is 1. The number of hydrogen-bond donors (Lipinski definition) is 2. The lowest BCUT2D eigenvalue weighted by atomic mass is 10.0. The minimum Gasteiger partial charge on any atom is -0.404 e. The zero-order valence-electron chi connectivity index (χ0n) is 5.84. The van der Waals surface area contributed by atoms with Crippen LogP contribution in [-0.4, -0.2) is 18.9 Å². The normalized spacial score (nSPS) is 25.8. The summed E-state index contributed by atoms with van der Waals surface area (Å²) in [6.45, 7) is 1.76. The molecule has 3 heteroatoms. The molecular formula is C7H12N2O. The highest BCUT2D eigenvalue weighted by atomic mass is 16.1. The van der Waals surface area contributed by atoms with Crippen LogP contribution in [0.3, 0.4) is 0 Å². The van der Waals surface area contributed by atoms with Crippen molar-refractivity contribution in [2.45, 2.75) is 6.42 Å². The molecule has 3 N–H and O–H groups in total. The molecule has 1 rings (SSSR count). The molecule has 3 nitrogen and oxygen atoms in total. The maximum atomic E-state index is 11.0. The predicted molar refractivity (Wildman–Crippen MR) is 39.3 cm³/mol. The van der Waals surface area contributed by atoms with Crippen LogP contribution in [0, 0.1) is 5.92 Å². The van der Waals surface area contributed by atoms with E-state index in [0.29, 0.717) is 0 Å². The second-order valence-electron chi connectivity index (χ2n) is 2.45. The minimum absolute atomic E-state index is 0.146. The van der Waals surface area contributed by atoms with Crippen LogP contribution in [0.4, 0.5) is 0 Å². The number of rotatable bonds is 2. The van der Waals surface area contributed by atoms with Gasteiger partial charge in [0, 0.05) is 12.5 Å². The smallest absolute Gasteiger partial charge is 0.161 e. The molecular weight excluding hydrogens is 128 g/mol. The van der Waals surface area contributed by atoms with Gasteiger partial charge in [-0.1, -0.05) is 0 Å². The van der Waals surface area contributed by atoms with Crippen LogP contribution in [0.5, 0.6) is 0 Å². The van der Waals surface area contributed by atoms with Gasteiger partial charge in [0.2, 0.25) is 0 Å². The lowest BCUT2D eigenvalue weighted by Crippen LogP contribution is -2.15. The van der Waals surface area contributed by atoms with Crippen molar-refractivity contribution in [3.8, 4) is 0 Å². The Kier molecular flexibility index (Phi) is 2.45. The molecule has 1 unspecified atom stereocenters. The van der Waals surface area contributed by atoms with Crippen molar-refractivity contribution >= 4 is 5.78 Å². The molecule has 0 spiro atoms. The van der Waals surface area contributed by atoms with Crippen molar-refractivity contribution in [3.05, 3.63) is 12.3 Å². The Morgan fingerprint density at radius 2 is 2.50 bits per heavy atom. The SMILES string of the molecule is NC=CC(=O)C1CCNC1. The lowest BCUT2D eigenvalue weighted by molar-refractivity contribution is -0.117. The number of nitrogens with one attached hydrogen (secondary N) is 1. The fourth-order valence-corrected chi connectivity index (χ4v) is 1.13. The standard InChI is InChI=1S/C7H12N2O/c8-3-1-7(10)6-2-4-9-5-6/h1,3,6,9H,2,4-5,8H2. The van der Waals surface area contributed by atoms with E-state index in [0.717, 1.165) is 19.5 Å². The number of carbonyl (C=O) groups is 1. The van der Waals surface area contributed by atoms with Crippen molar-refractivity contribution in [2.75, 3.05) is 13.1 Å². The zero-order chi connectivity index (χ0) is 7.40. The summed E-state index contributed by atoms with van der Waals surface area (Å²) in [6, 6.07) is 0. The van der Waals surface area contributed by atoms with Crippen LogP contribution in [0.1, 0.15) is 6.42 Å². The van der Waals surface area contributed by atoms with E-state index in [1.807, 2.05) is 0 Å². The Balaban J connectivity index is 2.40. The average molecular weight is 140 g/mol. The van der Waals surface area contributed by atoms with Crippen LogP contribution in [0.15, 0.2) is 12.3 Å². The molecule has 0 aromatic carbocycles. The molecule has 0 aromatic rings. The van der Waals surface area contributed by atoms with Gasteiger partial charge in [-0.15, -0.1) is 0 Å². The van der Waals surface area contributed by atoms with Crippen molar-refractivity contribution in [3.63, 3.8) is 0 Å². The van der Waals surface area contributed by atoms with E-state index in [2.05, 4.69) is 5.32 Å². The largest absolute Gasteiger partial charge is 0.404 e. The van der Waals surface area contributed by atoms with Gasteiger partial charge in [0.25, 0.3) is 0 Å². The third kappa shape index (κ3) is 1.57. The summed E-state index contributed by atoms with van der Waals surface area (Å²) in [5.41, 5.74) is 5.08. The predicted octanol–water partition coefficient (Wildman–Crippen LogP) is -0.363. The second kappa shape index (κ2) is 3.37. The molecule has 1 fully saturated rings. The Morgan fingerprint density at radius 1 is 1.70 bits per heavy atom. The summed E-state index contributed by atoms with van der Waals surface area (Å²) < 4.78 is 0. The van der Waals surface area contributed by atoms with Crippen molar-refractivity contribution in [1.82, 2.24) is 5.32 Å². The number of carbonyl (C=O) groups excluding carboxylic acids is 1. The van der Waals surface area contributed by atoms with Crippen LogP contribution >= 0.6 is 0 Å². The van der Waals surface area contributed by atoms with Gasteiger partial charge in [-0.05, 0) is 25.2 Å². The van der Waals surface area contributed by atoms with Gasteiger partial charge < -0.3 is 11.1 Å². The van der Waals surface area contributed by atoms with Gasteiger partial charge in [-0.3, -0.25) is 4.79 Å². The lowest BCUT2D eigenvalue weighted by Gasteiger charge is -2.00. The van der Waals surface area contributed by atoms with Crippen LogP contribution in [0.25, 0.3) is 0 Å². The van der Waals surface area contributed by atoms with E-state index in [1.54, 1.807) is 0 Å². The maximum Gasteiger partial charge on any atom is 0.161 e. The average Bonchev–Trinajstić information content (AvgIpc) is 2.38. The maximum absolute atomic E-state index is 11.0. The molecule has 10 heavy (non-hydrogen) atoms. The van der Waals surface area contributed by atoms with Gasteiger partial charge in [0.15, 0.2) is 5.78 Å². The van der Waals surface area contributed by atoms with E-state index in [9.17, 15) is 4.79 Å². The zero-order valence-corrected chi connectivity index (χ0v) is 5.84. The summed E-state index contributed by atoms with van der Waals surface area (Å²) in [6.07, 6.45) is 3.70. The summed E-state index contributed by atoms with van der Waals surface area (Å²) in [7, 11) is 0. The summed E-state index contributed by atoms with van der Waals surface area (Å²) in [4.78, 5) is 11.0. The first-order valence-electron chi connectivity index (χ1n) is 3.47. The van der Waals surface area contributed by atoms with E-state index < -0.39 is 0 Å². The van der Waals surface area contributed by atoms with Crippen molar-refractivity contribution in [1.29, 1.82) is 0 Å². The molecule has 0 bridgehead atoms. The highest BCUT2D eigenvalue weighted by molar-refractivity contribution is 5.91. The highest BCUT2D eigenvalue weighted by Gasteiger charge is 2.19. The third-order valence-electron chi connectivity index (χ3n) is 1.72. The minimum atomic E-state index is 0.146. The Hall–Kier alpha value is -0.830. The van der Waals surface area contributed by atoms with E-state index in [1.165, 1.54) is 12.3 Å². The monoisotopic (exact) mass is 140 g/mol. The molecule has 1 atom stereocenters. The number of allylic oxidation sites excluding steroid dienone is 1. The Labute approximate surface area is 60.3 Å². The Bertz CT molecular complexity index is 148. The molecule has 1 aliphatic rings. The van der Waals surface area contributed by atoms with Gasteiger partial charge in [-0.25, -0.2) is 0 Å². The first-order valence-corrected chi connectivity index (χ1v) is 3.47. The van der Waals surface area contributed by atoms with Gasteiger partial charge >= 0.3 is 0 Å². The van der Waals surface area contributed by atoms with Gasteiger partial charge in [0.1, 0.15) is 0 Å². The van der Waals surface area contributed by atoms with Gasteiger partial charge in [0.05, 0.1) is 0 Å². The number of hydrogen-bond acceptors (Lipinski definition) is 3. The summed E-state index contributed by atoms with van der Waals surface area (Å²) in [5.74, 6) is 0.312. The molecule has 1 heterocycles. The number of nitrogens with two attached hydrogens (primary N) is 1. The summed E-state index contributed by atoms with van der Waals surface area (Å²) in [5, 5.41) is 3.12. The fourth-order valence-electron chi connectivity index (χ4n) is 1.13. The molecule has 0 aromatic heterocycles. The summed E-state index contributed by atoms with van der Waals surface area (Å²) >= 11 is 0. The van der Waals surface area contributed by atoms with Crippen LogP contribution in [0.2, 0.25) is 0 Å². The quantitative estimate of drug-likeness (QED) is 0.515. The molecule has 0 radical (unpaired) electrons. The van der Waals surface area contributed by atoms with Gasteiger partial charge in [-0.2, -0.15) is 0 Å². The molecule has 0 amide bonds. The van der Waals surface area contributed by atoms with E-state index in [-0.39, 0.29) is 11.7 Å². The van der Waals surface area contributed by atoms with E-state index in [4.69, 9.17) is 5.73 Å². The van der Waals surface area contributed by atoms with Crippen molar-refractivity contribution < 1.29 is 4.79 Å². The van der Waals surface area contributed by atoms with Crippen LogP contribution in [-0.2, 0) is 4.79 Å². The fraction of sp³-hybridized carbons (Fsp3) is 0.571. The Morgan fingerprint density at radius 3 is 3.00 bits per heavy atom. The van der Waals surface area contributed by atoms with Crippen molar-refractivity contribution in [2.24, 2.45) is 11.7 Å². The molecule has 1 aliphatic heterocycles. The topological polar surface area (TPSA) is 55.1 Å². The molecule has 0 saturated carbocycles. The van der Waals surface area contributed by atoms with Crippen LogP contribution < -0.4 is 11.1 Å².